The van der Waals surface area contributed by atoms with Crippen molar-refractivity contribution in [2.45, 2.75) is 37.7 Å². The largest absolute Gasteiger partial charge is 0.392 e. The van der Waals surface area contributed by atoms with Crippen LogP contribution in [0, 0.1) is 0 Å². The fourth-order valence-corrected chi connectivity index (χ4v) is 3.90. The minimum absolute atomic E-state index is 0.0271. The van der Waals surface area contributed by atoms with Gasteiger partial charge in [-0.25, -0.2) is 12.7 Å². The summed E-state index contributed by atoms with van der Waals surface area (Å²) in [5, 5.41) is 9.46. The second-order valence-corrected chi connectivity index (χ2v) is 7.40. The predicted octanol–water partition coefficient (Wildman–Crippen LogP) is 3.30. The molecule has 1 rings (SSSR count). The van der Waals surface area contributed by atoms with Crippen molar-refractivity contribution >= 4 is 33.2 Å². The van der Waals surface area contributed by atoms with Crippen molar-refractivity contribution in [2.75, 3.05) is 13.6 Å². The first kappa shape index (κ1) is 17.7. The molecule has 0 atom stereocenters. The predicted molar refractivity (Wildman–Crippen MR) is 81.7 cm³/mol. The summed E-state index contributed by atoms with van der Waals surface area (Å²) in [6.07, 6.45) is 2.77. The molecule has 1 aromatic rings. The van der Waals surface area contributed by atoms with Crippen LogP contribution in [-0.4, -0.2) is 31.4 Å². The molecule has 0 aromatic heterocycles. The molecule has 7 heteroatoms. The van der Waals surface area contributed by atoms with Gasteiger partial charge in [0.15, 0.2) is 0 Å². The number of aliphatic hydroxyl groups excluding tert-OH is 1. The zero-order valence-corrected chi connectivity index (χ0v) is 13.9. The van der Waals surface area contributed by atoms with Crippen molar-refractivity contribution in [3.8, 4) is 0 Å². The first-order valence-corrected chi connectivity index (χ1v) is 8.59. The first-order valence-electron chi connectivity index (χ1n) is 6.39. The lowest BCUT2D eigenvalue weighted by atomic mass is 10.2. The summed E-state index contributed by atoms with van der Waals surface area (Å²) >= 11 is 11.9. The number of rotatable bonds is 7. The molecule has 0 aliphatic rings. The van der Waals surface area contributed by atoms with Crippen LogP contribution in [0.25, 0.3) is 0 Å². The molecular weight excluding hydrogens is 321 g/mol. The third-order valence-corrected chi connectivity index (χ3v) is 5.67. The Morgan fingerprint density at radius 2 is 1.90 bits per heavy atom. The Labute approximate surface area is 130 Å². The van der Waals surface area contributed by atoms with Gasteiger partial charge in [-0.15, -0.1) is 0 Å². The zero-order valence-electron chi connectivity index (χ0n) is 11.6. The second-order valence-electron chi connectivity index (χ2n) is 4.57. The summed E-state index contributed by atoms with van der Waals surface area (Å²) in [6, 6.07) is 2.77. The Hall–Kier alpha value is -0.330. The fraction of sp³-hybridized carbons (Fsp3) is 0.538. The highest BCUT2D eigenvalue weighted by molar-refractivity contribution is 7.89. The number of unbranched alkanes of at least 4 members (excludes halogenated alkanes) is 2. The summed E-state index contributed by atoms with van der Waals surface area (Å²) in [5.74, 6) is 0. The summed E-state index contributed by atoms with van der Waals surface area (Å²) in [4.78, 5) is -0.0604. The van der Waals surface area contributed by atoms with Crippen molar-refractivity contribution in [1.82, 2.24) is 4.31 Å². The van der Waals surface area contributed by atoms with E-state index >= 15 is 0 Å². The molecule has 0 bridgehead atoms. The van der Waals surface area contributed by atoms with Crippen LogP contribution in [0.3, 0.4) is 0 Å². The molecule has 114 valence electrons. The van der Waals surface area contributed by atoms with Crippen LogP contribution in [-0.2, 0) is 16.6 Å². The number of sulfonamides is 1. The monoisotopic (exact) mass is 339 g/mol. The van der Waals surface area contributed by atoms with E-state index in [1.807, 2.05) is 0 Å². The summed E-state index contributed by atoms with van der Waals surface area (Å²) in [7, 11) is -2.18. The van der Waals surface area contributed by atoms with Crippen molar-refractivity contribution in [3.63, 3.8) is 0 Å². The van der Waals surface area contributed by atoms with Gasteiger partial charge in [-0.1, -0.05) is 43.0 Å². The minimum atomic E-state index is -3.70. The zero-order chi connectivity index (χ0) is 15.3. The normalized spacial score (nSPS) is 12.1. The number of aliphatic hydroxyl groups is 1. The van der Waals surface area contributed by atoms with Crippen molar-refractivity contribution in [1.29, 1.82) is 0 Å². The van der Waals surface area contributed by atoms with Crippen molar-refractivity contribution in [2.24, 2.45) is 0 Å². The lowest BCUT2D eigenvalue weighted by Crippen LogP contribution is -2.28. The van der Waals surface area contributed by atoms with Crippen molar-refractivity contribution < 1.29 is 13.5 Å². The minimum Gasteiger partial charge on any atom is -0.392 e. The summed E-state index contributed by atoms with van der Waals surface area (Å²) in [6.45, 7) is 2.12. The molecule has 0 aliphatic carbocycles. The quantitative estimate of drug-likeness (QED) is 0.775. The van der Waals surface area contributed by atoms with E-state index in [4.69, 9.17) is 23.2 Å². The highest BCUT2D eigenvalue weighted by Gasteiger charge is 2.25. The number of hydrogen-bond donors (Lipinski definition) is 1. The van der Waals surface area contributed by atoms with Gasteiger partial charge in [-0.3, -0.25) is 0 Å². The first-order chi connectivity index (χ1) is 9.34. The molecular formula is C13H19Cl2NO3S. The molecule has 0 radical (unpaired) electrons. The van der Waals surface area contributed by atoms with Gasteiger partial charge in [-0.05, 0) is 24.1 Å². The fourth-order valence-electron chi connectivity index (χ4n) is 1.79. The molecule has 0 spiro atoms. The standard InChI is InChI=1S/C13H19Cl2NO3S/c1-3-4-5-6-16(2)20(18,19)12-8-11(14)7-10(9-17)13(12)15/h7-8,17H,3-6,9H2,1-2H3. The smallest absolute Gasteiger partial charge is 0.244 e. The van der Waals surface area contributed by atoms with E-state index in [0.717, 1.165) is 19.3 Å². The molecule has 0 saturated carbocycles. The van der Waals surface area contributed by atoms with Crippen molar-refractivity contribution in [3.05, 3.63) is 27.7 Å². The maximum atomic E-state index is 12.5. The van der Waals surface area contributed by atoms with E-state index in [9.17, 15) is 13.5 Å². The van der Waals surface area contributed by atoms with Gasteiger partial charge in [0, 0.05) is 18.6 Å². The van der Waals surface area contributed by atoms with Gasteiger partial charge in [0.1, 0.15) is 4.90 Å². The van der Waals surface area contributed by atoms with E-state index in [0.29, 0.717) is 12.1 Å². The van der Waals surface area contributed by atoms with Gasteiger partial charge in [0.25, 0.3) is 0 Å². The third kappa shape index (κ3) is 4.09. The van der Waals surface area contributed by atoms with E-state index < -0.39 is 10.0 Å². The molecule has 1 N–H and O–H groups in total. The van der Waals surface area contributed by atoms with Gasteiger partial charge in [-0.2, -0.15) is 0 Å². The SMILES string of the molecule is CCCCCN(C)S(=O)(=O)c1cc(Cl)cc(CO)c1Cl. The average Bonchev–Trinajstić information content (AvgIpc) is 2.40. The third-order valence-electron chi connectivity index (χ3n) is 3.01. The Morgan fingerprint density at radius 1 is 1.25 bits per heavy atom. The van der Waals surface area contributed by atoms with Crippen LogP contribution >= 0.6 is 23.2 Å². The van der Waals surface area contributed by atoms with Crippen LogP contribution in [0.4, 0.5) is 0 Å². The highest BCUT2D eigenvalue weighted by atomic mass is 35.5. The summed E-state index contributed by atoms with van der Waals surface area (Å²) in [5.41, 5.74) is 0.305. The number of nitrogens with zero attached hydrogens (tertiary/aromatic N) is 1. The molecule has 4 nitrogen and oxygen atoms in total. The second kappa shape index (κ2) is 7.61. The molecule has 0 amide bonds. The lowest BCUT2D eigenvalue weighted by molar-refractivity contribution is 0.281. The molecule has 0 unspecified atom stereocenters. The van der Waals surface area contributed by atoms with Crippen LogP contribution < -0.4 is 0 Å². The molecule has 20 heavy (non-hydrogen) atoms. The lowest BCUT2D eigenvalue weighted by Gasteiger charge is -2.19. The van der Waals surface area contributed by atoms with Crippen LogP contribution in [0.1, 0.15) is 31.7 Å². The Balaban J connectivity index is 3.12. The van der Waals surface area contributed by atoms with Gasteiger partial charge >= 0.3 is 0 Å². The Morgan fingerprint density at radius 3 is 2.45 bits per heavy atom. The molecule has 0 fully saturated rings. The number of hydrogen-bond acceptors (Lipinski definition) is 3. The van der Waals surface area contributed by atoms with Gasteiger partial charge < -0.3 is 5.11 Å². The molecule has 0 aliphatic heterocycles. The molecule has 1 aromatic carbocycles. The molecule has 0 saturated heterocycles. The van der Waals surface area contributed by atoms with Crippen LogP contribution in [0.15, 0.2) is 17.0 Å². The van der Waals surface area contributed by atoms with Gasteiger partial charge in [0.05, 0.1) is 11.6 Å². The number of benzene rings is 1. The summed E-state index contributed by atoms with van der Waals surface area (Å²) < 4.78 is 26.2. The van der Waals surface area contributed by atoms with Crippen LogP contribution in [0.5, 0.6) is 0 Å². The van der Waals surface area contributed by atoms with Crippen LogP contribution in [0.2, 0.25) is 10.0 Å². The number of halogens is 2. The van der Waals surface area contributed by atoms with E-state index in [1.165, 1.54) is 23.5 Å². The van der Waals surface area contributed by atoms with E-state index in [-0.39, 0.29) is 21.5 Å². The van der Waals surface area contributed by atoms with Gasteiger partial charge in [0.2, 0.25) is 10.0 Å². The van der Waals surface area contributed by atoms with E-state index in [2.05, 4.69) is 6.92 Å². The van der Waals surface area contributed by atoms with E-state index in [1.54, 1.807) is 0 Å². The topological polar surface area (TPSA) is 57.6 Å². The maximum absolute atomic E-state index is 12.5. The maximum Gasteiger partial charge on any atom is 0.244 e. The Kier molecular flexibility index (Phi) is 6.75. The Bertz CT molecular complexity index is 561. The molecule has 0 heterocycles. The average molecular weight is 340 g/mol. The highest BCUT2D eigenvalue weighted by Crippen LogP contribution is 2.31.